The van der Waals surface area contributed by atoms with E-state index in [4.69, 9.17) is 6.42 Å². The third-order valence-corrected chi connectivity index (χ3v) is 6.70. The molecule has 0 saturated carbocycles. The third-order valence-electron chi connectivity index (χ3n) is 6.70. The van der Waals surface area contributed by atoms with Crippen LogP contribution in [0.25, 0.3) is 0 Å². The van der Waals surface area contributed by atoms with Crippen LogP contribution in [0.1, 0.15) is 42.9 Å². The van der Waals surface area contributed by atoms with Crippen molar-refractivity contribution in [2.75, 3.05) is 13.1 Å². The summed E-state index contributed by atoms with van der Waals surface area (Å²) in [5.74, 6) is 3.81. The van der Waals surface area contributed by atoms with E-state index >= 15 is 0 Å². The predicted molar refractivity (Wildman–Crippen MR) is 130 cm³/mol. The lowest BCUT2D eigenvalue weighted by Crippen LogP contribution is -2.51. The second-order valence-electron chi connectivity index (χ2n) is 9.36. The van der Waals surface area contributed by atoms with Crippen molar-refractivity contribution in [3.63, 3.8) is 0 Å². The maximum absolute atomic E-state index is 13.7. The van der Waals surface area contributed by atoms with E-state index in [2.05, 4.69) is 26.6 Å². The number of halogens is 2. The van der Waals surface area contributed by atoms with Gasteiger partial charge in [-0.25, -0.2) is 0 Å². The number of amides is 1. The van der Waals surface area contributed by atoms with Crippen LogP contribution in [0.3, 0.4) is 0 Å². The zero-order valence-electron chi connectivity index (χ0n) is 19.6. The average Bonchev–Trinajstić information content (AvgIpc) is 3.32. The van der Waals surface area contributed by atoms with Crippen LogP contribution in [0.2, 0.25) is 0 Å². The number of benzene rings is 2. The molecule has 7 heteroatoms. The van der Waals surface area contributed by atoms with E-state index in [1.165, 1.54) is 17.7 Å². The Hall–Kier alpha value is -3.66. The van der Waals surface area contributed by atoms with Gasteiger partial charge in [0.25, 0.3) is 5.91 Å². The number of ether oxygens (including phenoxy) is 1. The maximum Gasteiger partial charge on any atom is 0.394 e. The normalized spacial score (nSPS) is 19.8. The molecule has 5 rings (SSSR count). The maximum atomic E-state index is 13.7. The highest BCUT2D eigenvalue weighted by atomic mass is 19.3. The minimum Gasteiger partial charge on any atom is -0.433 e. The molecule has 35 heavy (non-hydrogen) atoms. The lowest BCUT2D eigenvalue weighted by molar-refractivity contribution is -0.158. The van der Waals surface area contributed by atoms with Gasteiger partial charge in [0.05, 0.1) is 13.1 Å². The van der Waals surface area contributed by atoms with E-state index in [1.54, 1.807) is 17.0 Å². The Morgan fingerprint density at radius 2 is 2.00 bits per heavy atom. The molecule has 0 spiro atoms. The van der Waals surface area contributed by atoms with E-state index in [0.29, 0.717) is 38.3 Å². The largest absolute Gasteiger partial charge is 0.433 e. The molecule has 1 atom stereocenters. The number of carbonyl (C=O) groups excluding carboxylic acids is 1. The van der Waals surface area contributed by atoms with Crippen LogP contribution in [-0.2, 0) is 17.8 Å². The molecule has 0 N–H and O–H groups in total. The van der Waals surface area contributed by atoms with Gasteiger partial charge < -0.3 is 9.64 Å². The minimum absolute atomic E-state index is 0.0145. The summed E-state index contributed by atoms with van der Waals surface area (Å²) in [5, 5.41) is 0. The minimum atomic E-state index is -3.24. The molecule has 1 aliphatic carbocycles. The molecule has 0 fully saturated rings. The fraction of sp³-hybridized carbons (Fsp3) is 0.357. The van der Waals surface area contributed by atoms with Crippen LogP contribution in [0.15, 0.2) is 64.8 Å². The summed E-state index contributed by atoms with van der Waals surface area (Å²) in [5.41, 5.74) is 4.85. The average molecular weight is 476 g/mol. The van der Waals surface area contributed by atoms with Crippen LogP contribution in [0.4, 0.5) is 8.78 Å². The number of terminal acetylenes is 1. The van der Waals surface area contributed by atoms with E-state index in [-0.39, 0.29) is 11.7 Å². The quantitative estimate of drug-likeness (QED) is 0.554. The van der Waals surface area contributed by atoms with Gasteiger partial charge in [0.1, 0.15) is 5.75 Å². The summed E-state index contributed by atoms with van der Waals surface area (Å²) in [6, 6.07) is 14.5. The number of fused-ring (bicyclic) bond motifs is 2. The molecule has 0 aromatic heterocycles. The smallest absolute Gasteiger partial charge is 0.394 e. The highest BCUT2D eigenvalue weighted by Gasteiger charge is 2.41. The Morgan fingerprint density at radius 1 is 1.20 bits per heavy atom. The fourth-order valence-electron chi connectivity index (χ4n) is 5.18. The van der Waals surface area contributed by atoms with Crippen molar-refractivity contribution in [3.8, 4) is 18.1 Å². The summed E-state index contributed by atoms with van der Waals surface area (Å²) in [6.07, 6.45) is 5.77. The first-order valence-electron chi connectivity index (χ1n) is 11.9. The van der Waals surface area contributed by atoms with E-state index in [0.717, 1.165) is 48.2 Å². The highest BCUT2D eigenvalue weighted by molar-refractivity contribution is 6.09. The lowest BCUT2D eigenvalue weighted by atomic mass is 9.81. The standard InChI is InChI=1S/C28H27F2N3O2/c1-3-19-5-4-6-21(15-19)16-22-9-12-25-24(17-22)26(34)33(27-31-13-14-32(25)27)18-20-7-10-23(11-8-20)35-28(2,29)30/h1,4-8,10-11,15,22H,9,12-14,16-18H2,2H3. The van der Waals surface area contributed by atoms with Crippen molar-refractivity contribution in [1.82, 2.24) is 9.80 Å². The van der Waals surface area contributed by atoms with Crippen molar-refractivity contribution in [1.29, 1.82) is 0 Å². The zero-order chi connectivity index (χ0) is 24.6. The van der Waals surface area contributed by atoms with Crippen molar-refractivity contribution in [2.45, 2.75) is 45.3 Å². The Labute approximate surface area is 204 Å². The number of allylic oxidation sites excluding steroid dienone is 1. The molecule has 180 valence electrons. The number of guanidine groups is 1. The van der Waals surface area contributed by atoms with Gasteiger partial charge in [-0.05, 0) is 67.0 Å². The first-order chi connectivity index (χ1) is 16.8. The zero-order valence-corrected chi connectivity index (χ0v) is 19.6. The number of nitrogens with zero attached hydrogens (tertiary/aromatic N) is 3. The number of alkyl halides is 2. The second kappa shape index (κ2) is 9.18. The summed E-state index contributed by atoms with van der Waals surface area (Å²) in [7, 11) is 0. The molecular weight excluding hydrogens is 448 g/mol. The van der Waals surface area contributed by atoms with Crippen molar-refractivity contribution in [2.24, 2.45) is 10.9 Å². The monoisotopic (exact) mass is 475 g/mol. The molecular formula is C28H27F2N3O2. The number of aliphatic imine (C=N–C) groups is 1. The fourth-order valence-corrected chi connectivity index (χ4v) is 5.18. The van der Waals surface area contributed by atoms with Crippen molar-refractivity contribution >= 4 is 11.9 Å². The molecule has 2 aromatic rings. The molecule has 5 nitrogen and oxygen atoms in total. The molecule has 1 amide bonds. The number of carbonyl (C=O) groups is 1. The molecule has 3 aliphatic rings. The van der Waals surface area contributed by atoms with Gasteiger partial charge in [0.15, 0.2) is 0 Å². The number of rotatable bonds is 6. The van der Waals surface area contributed by atoms with E-state index in [9.17, 15) is 13.6 Å². The van der Waals surface area contributed by atoms with E-state index < -0.39 is 6.11 Å². The second-order valence-corrected chi connectivity index (χ2v) is 9.36. The molecule has 2 heterocycles. The van der Waals surface area contributed by atoms with Gasteiger partial charge in [-0.3, -0.25) is 14.7 Å². The van der Waals surface area contributed by atoms with Gasteiger partial charge >= 0.3 is 6.11 Å². The SMILES string of the molecule is C#Cc1cccc(CC2CCC3=C(C2)C(=O)N(Cc2ccc(OC(C)(F)F)cc2)C2=NCCN23)c1. The van der Waals surface area contributed by atoms with Crippen LogP contribution in [0.5, 0.6) is 5.75 Å². The first-order valence-corrected chi connectivity index (χ1v) is 11.9. The Bertz CT molecular complexity index is 1240. The lowest BCUT2D eigenvalue weighted by Gasteiger charge is -2.41. The Morgan fingerprint density at radius 3 is 2.74 bits per heavy atom. The molecule has 2 aliphatic heterocycles. The summed E-state index contributed by atoms with van der Waals surface area (Å²) in [6.45, 7) is 2.44. The van der Waals surface area contributed by atoms with Gasteiger partial charge in [-0.15, -0.1) is 6.42 Å². The van der Waals surface area contributed by atoms with Gasteiger partial charge in [0.2, 0.25) is 5.96 Å². The predicted octanol–water partition coefficient (Wildman–Crippen LogP) is 4.97. The topological polar surface area (TPSA) is 45.1 Å². The van der Waals surface area contributed by atoms with Crippen LogP contribution in [-0.4, -0.2) is 40.9 Å². The molecule has 2 aromatic carbocycles. The molecule has 0 saturated heterocycles. The van der Waals surface area contributed by atoms with Crippen molar-refractivity contribution in [3.05, 3.63) is 76.5 Å². The van der Waals surface area contributed by atoms with Gasteiger partial charge in [-0.2, -0.15) is 8.78 Å². The van der Waals surface area contributed by atoms with Crippen LogP contribution in [0, 0.1) is 18.3 Å². The molecule has 1 unspecified atom stereocenters. The summed E-state index contributed by atoms with van der Waals surface area (Å²) < 4.78 is 30.9. The van der Waals surface area contributed by atoms with Crippen LogP contribution < -0.4 is 4.74 Å². The van der Waals surface area contributed by atoms with Crippen LogP contribution >= 0.6 is 0 Å². The third kappa shape index (κ3) is 4.93. The highest BCUT2D eigenvalue weighted by Crippen LogP contribution is 2.39. The number of hydrogen-bond acceptors (Lipinski definition) is 4. The Kier molecular flexibility index (Phi) is 6.06. The molecule has 0 bridgehead atoms. The van der Waals surface area contributed by atoms with Crippen molar-refractivity contribution < 1.29 is 18.3 Å². The number of hydrogen-bond donors (Lipinski definition) is 0. The van der Waals surface area contributed by atoms with Gasteiger partial charge in [0, 0.05) is 30.3 Å². The summed E-state index contributed by atoms with van der Waals surface area (Å²) >= 11 is 0. The van der Waals surface area contributed by atoms with E-state index in [1.807, 2.05) is 18.2 Å². The summed E-state index contributed by atoms with van der Waals surface area (Å²) in [4.78, 5) is 22.2. The van der Waals surface area contributed by atoms with Gasteiger partial charge in [-0.1, -0.05) is 30.2 Å². The Balaban J connectivity index is 1.34. The molecule has 0 radical (unpaired) electrons. The first kappa shape index (κ1) is 23.1.